The van der Waals surface area contributed by atoms with Gasteiger partial charge in [0.15, 0.2) is 0 Å². The molecule has 5 rings (SSSR count). The number of hydrogen-bond donors (Lipinski definition) is 0. The fraction of sp³-hybridized carbons (Fsp3) is 0.345. The highest BCUT2D eigenvalue weighted by Gasteiger charge is 2.31. The number of fused-ring (bicyclic) bond motifs is 1. The Morgan fingerprint density at radius 1 is 1.00 bits per heavy atom. The fourth-order valence-electron chi connectivity index (χ4n) is 5.46. The lowest BCUT2D eigenvalue weighted by Crippen LogP contribution is -2.50. The molecular weight excluding hydrogens is 482 g/mol. The number of carbonyl (C=O) groups is 2. The Hall–Kier alpha value is -4.45. The molecule has 3 heterocycles. The maximum atomic E-state index is 13.2. The average molecular weight is 512 g/mol. The highest BCUT2D eigenvalue weighted by atomic mass is 16.2. The van der Waals surface area contributed by atoms with E-state index in [1.807, 2.05) is 29.2 Å². The molecular formula is C29H29N5O4. The summed E-state index contributed by atoms with van der Waals surface area (Å²) in [6.07, 6.45) is 4.00. The maximum absolute atomic E-state index is 13.2. The summed E-state index contributed by atoms with van der Waals surface area (Å²) in [7, 11) is 1.38. The van der Waals surface area contributed by atoms with Crippen molar-refractivity contribution in [2.24, 2.45) is 7.05 Å². The van der Waals surface area contributed by atoms with Crippen LogP contribution in [0.15, 0.2) is 64.3 Å². The number of aromatic nitrogens is 2. The molecule has 9 heteroatoms. The summed E-state index contributed by atoms with van der Waals surface area (Å²) < 4.78 is 2.23. The molecule has 2 amide bonds. The van der Waals surface area contributed by atoms with Crippen molar-refractivity contribution in [3.05, 3.63) is 92.3 Å². The van der Waals surface area contributed by atoms with Crippen molar-refractivity contribution in [3.63, 3.8) is 0 Å². The SMILES string of the molecule is Cn1c(=O)c(-c2cccc(C#N)c2)cn(CC(=O)N2CCC(N3CCc4ccccc4CC3=O)CC2)c1=O. The van der Waals surface area contributed by atoms with Gasteiger partial charge < -0.3 is 9.80 Å². The first-order valence-electron chi connectivity index (χ1n) is 12.8. The second-order valence-corrected chi connectivity index (χ2v) is 9.90. The summed E-state index contributed by atoms with van der Waals surface area (Å²) in [5, 5.41) is 9.21. The molecule has 0 saturated carbocycles. The minimum Gasteiger partial charge on any atom is -0.341 e. The van der Waals surface area contributed by atoms with Gasteiger partial charge in [-0.3, -0.25) is 23.5 Å². The van der Waals surface area contributed by atoms with Gasteiger partial charge in [0.05, 0.1) is 23.6 Å². The molecule has 2 aliphatic heterocycles. The molecule has 0 N–H and O–H groups in total. The predicted molar refractivity (Wildman–Crippen MR) is 141 cm³/mol. The van der Waals surface area contributed by atoms with Crippen molar-refractivity contribution in [3.8, 4) is 17.2 Å². The first-order valence-corrected chi connectivity index (χ1v) is 12.8. The maximum Gasteiger partial charge on any atom is 0.331 e. The predicted octanol–water partition coefficient (Wildman–Crippen LogP) is 1.70. The van der Waals surface area contributed by atoms with E-state index in [4.69, 9.17) is 0 Å². The van der Waals surface area contributed by atoms with Crippen molar-refractivity contribution in [2.45, 2.75) is 38.3 Å². The third-order valence-electron chi connectivity index (χ3n) is 7.62. The molecule has 0 atom stereocenters. The van der Waals surface area contributed by atoms with Gasteiger partial charge in [-0.25, -0.2) is 4.79 Å². The number of hydrogen-bond acceptors (Lipinski definition) is 5. The topological polar surface area (TPSA) is 108 Å². The molecule has 1 fully saturated rings. The van der Waals surface area contributed by atoms with Crippen LogP contribution < -0.4 is 11.2 Å². The lowest BCUT2D eigenvalue weighted by Gasteiger charge is -2.38. The monoisotopic (exact) mass is 511 g/mol. The van der Waals surface area contributed by atoms with Crippen LogP contribution in [0.1, 0.15) is 29.5 Å². The number of piperidine rings is 1. The summed E-state index contributed by atoms with van der Waals surface area (Å²) >= 11 is 0. The van der Waals surface area contributed by atoms with E-state index < -0.39 is 11.2 Å². The van der Waals surface area contributed by atoms with Crippen LogP contribution in [0.5, 0.6) is 0 Å². The molecule has 0 unspecified atom stereocenters. The first kappa shape index (κ1) is 25.2. The zero-order chi connectivity index (χ0) is 26.8. The van der Waals surface area contributed by atoms with Gasteiger partial charge in [0.2, 0.25) is 11.8 Å². The van der Waals surface area contributed by atoms with E-state index in [0.29, 0.717) is 50.0 Å². The second-order valence-electron chi connectivity index (χ2n) is 9.90. The molecule has 0 aliphatic carbocycles. The number of nitrogens with zero attached hydrogens (tertiary/aromatic N) is 5. The van der Waals surface area contributed by atoms with E-state index in [-0.39, 0.29) is 30.0 Å². The van der Waals surface area contributed by atoms with E-state index in [9.17, 15) is 24.4 Å². The molecule has 1 aromatic heterocycles. The van der Waals surface area contributed by atoms with Crippen LogP contribution in [0, 0.1) is 11.3 Å². The fourth-order valence-corrected chi connectivity index (χ4v) is 5.46. The summed E-state index contributed by atoms with van der Waals surface area (Å²) in [6.45, 7) is 1.48. The molecule has 2 aliphatic rings. The van der Waals surface area contributed by atoms with Gasteiger partial charge in [0, 0.05) is 38.9 Å². The minimum absolute atomic E-state index is 0.0835. The van der Waals surface area contributed by atoms with E-state index in [1.54, 1.807) is 29.2 Å². The number of nitriles is 1. The first-order chi connectivity index (χ1) is 18.4. The Labute approximate surface area is 220 Å². The molecule has 38 heavy (non-hydrogen) atoms. The molecule has 1 saturated heterocycles. The molecule has 9 nitrogen and oxygen atoms in total. The van der Waals surface area contributed by atoms with Gasteiger partial charge in [-0.05, 0) is 48.1 Å². The van der Waals surface area contributed by atoms with Crippen LogP contribution in [0.4, 0.5) is 0 Å². The Balaban J connectivity index is 1.27. The Bertz CT molecular complexity index is 1560. The zero-order valence-corrected chi connectivity index (χ0v) is 21.3. The van der Waals surface area contributed by atoms with E-state index in [2.05, 4.69) is 6.07 Å². The smallest absolute Gasteiger partial charge is 0.331 e. The Morgan fingerprint density at radius 2 is 1.74 bits per heavy atom. The van der Waals surface area contributed by atoms with Crippen molar-refractivity contribution in [1.29, 1.82) is 5.26 Å². The standard InChI is InChI=1S/C29H29N5O4/c1-31-28(37)25(23-8-4-5-20(15-23)17-30)18-33(29(31)38)19-27(36)32-12-10-24(11-13-32)34-14-9-21-6-2-3-7-22(21)16-26(34)35/h2-8,15,18,24H,9-14,16,19H2,1H3. The number of likely N-dealkylation sites (tertiary alicyclic amines) is 1. The summed E-state index contributed by atoms with van der Waals surface area (Å²) in [5.41, 5.74) is 2.40. The highest BCUT2D eigenvalue weighted by Crippen LogP contribution is 2.23. The highest BCUT2D eigenvalue weighted by molar-refractivity contribution is 5.80. The van der Waals surface area contributed by atoms with Crippen LogP contribution in [0.25, 0.3) is 11.1 Å². The number of rotatable bonds is 4. The summed E-state index contributed by atoms with van der Waals surface area (Å²) in [6, 6.07) is 16.8. The van der Waals surface area contributed by atoms with Crippen LogP contribution in [0.2, 0.25) is 0 Å². The molecule has 0 radical (unpaired) electrons. The van der Waals surface area contributed by atoms with E-state index >= 15 is 0 Å². The van der Waals surface area contributed by atoms with Gasteiger partial charge in [0.25, 0.3) is 5.56 Å². The number of benzene rings is 2. The van der Waals surface area contributed by atoms with Crippen LogP contribution in [-0.4, -0.2) is 56.4 Å². The lowest BCUT2D eigenvalue weighted by atomic mass is 10.0. The Kier molecular flexibility index (Phi) is 6.97. The van der Waals surface area contributed by atoms with Gasteiger partial charge >= 0.3 is 5.69 Å². The third-order valence-corrected chi connectivity index (χ3v) is 7.62. The molecule has 2 aromatic carbocycles. The van der Waals surface area contributed by atoms with Crippen molar-refractivity contribution >= 4 is 11.8 Å². The van der Waals surface area contributed by atoms with Crippen LogP contribution in [0.3, 0.4) is 0 Å². The average Bonchev–Trinajstić information content (AvgIpc) is 3.11. The summed E-state index contributed by atoms with van der Waals surface area (Å²) in [4.78, 5) is 55.4. The third kappa shape index (κ3) is 4.90. The van der Waals surface area contributed by atoms with Gasteiger partial charge in [-0.2, -0.15) is 5.26 Å². The summed E-state index contributed by atoms with van der Waals surface area (Å²) in [5.74, 6) is -0.0833. The van der Waals surface area contributed by atoms with Crippen LogP contribution >= 0.6 is 0 Å². The van der Waals surface area contributed by atoms with E-state index in [1.165, 1.54) is 23.4 Å². The second kappa shape index (κ2) is 10.5. The molecule has 3 aromatic rings. The van der Waals surface area contributed by atoms with Crippen molar-refractivity contribution in [2.75, 3.05) is 19.6 Å². The largest absolute Gasteiger partial charge is 0.341 e. The van der Waals surface area contributed by atoms with Gasteiger partial charge in [-0.15, -0.1) is 0 Å². The van der Waals surface area contributed by atoms with Crippen LogP contribution in [-0.2, 0) is 36.0 Å². The molecule has 0 bridgehead atoms. The molecule has 194 valence electrons. The Morgan fingerprint density at radius 3 is 2.47 bits per heavy atom. The van der Waals surface area contributed by atoms with Crippen molar-refractivity contribution in [1.82, 2.24) is 18.9 Å². The minimum atomic E-state index is -0.576. The normalized spacial score (nSPS) is 16.1. The number of amides is 2. The van der Waals surface area contributed by atoms with Gasteiger partial charge in [-0.1, -0.05) is 36.4 Å². The quantitative estimate of drug-likeness (QED) is 0.530. The van der Waals surface area contributed by atoms with Gasteiger partial charge in [0.1, 0.15) is 6.54 Å². The zero-order valence-electron chi connectivity index (χ0n) is 21.3. The lowest BCUT2D eigenvalue weighted by molar-refractivity contribution is -0.136. The van der Waals surface area contributed by atoms with E-state index in [0.717, 1.165) is 16.6 Å². The van der Waals surface area contributed by atoms with Crippen molar-refractivity contribution < 1.29 is 9.59 Å². The number of carbonyl (C=O) groups excluding carboxylic acids is 2. The molecule has 0 spiro atoms.